The van der Waals surface area contributed by atoms with Gasteiger partial charge < -0.3 is 11.5 Å². The molecule has 1 aromatic heterocycles. The highest BCUT2D eigenvalue weighted by Crippen LogP contribution is 2.30. The van der Waals surface area contributed by atoms with Gasteiger partial charge in [-0.1, -0.05) is 0 Å². The summed E-state index contributed by atoms with van der Waals surface area (Å²) < 4.78 is 1.78. The molecule has 4 N–H and O–H groups in total. The van der Waals surface area contributed by atoms with Gasteiger partial charge in [-0.2, -0.15) is 5.10 Å². The van der Waals surface area contributed by atoms with E-state index in [2.05, 4.69) is 16.9 Å². The molecule has 1 saturated heterocycles. The van der Waals surface area contributed by atoms with Crippen molar-refractivity contribution in [3.8, 4) is 0 Å². The summed E-state index contributed by atoms with van der Waals surface area (Å²) in [5.41, 5.74) is 12.5. The number of primary amides is 1. The Kier molecular flexibility index (Phi) is 4.21. The summed E-state index contributed by atoms with van der Waals surface area (Å²) in [6.07, 6.45) is 5.68. The number of nitrogens with two attached hydrogens (primary N) is 2. The Hall–Kier alpha value is -1.40. The fourth-order valence-electron chi connectivity index (χ4n) is 2.88. The first-order valence-corrected chi connectivity index (χ1v) is 6.76. The van der Waals surface area contributed by atoms with Gasteiger partial charge in [-0.3, -0.25) is 14.4 Å². The van der Waals surface area contributed by atoms with Crippen LogP contribution in [0.25, 0.3) is 0 Å². The molecule has 2 heterocycles. The van der Waals surface area contributed by atoms with Crippen LogP contribution >= 0.6 is 0 Å². The zero-order chi connectivity index (χ0) is 14.0. The van der Waals surface area contributed by atoms with Crippen LogP contribution in [0.1, 0.15) is 31.4 Å². The average molecular weight is 265 g/mol. The lowest BCUT2D eigenvalue weighted by Crippen LogP contribution is -2.48. The highest BCUT2D eigenvalue weighted by Gasteiger charge is 2.33. The van der Waals surface area contributed by atoms with E-state index in [0.717, 1.165) is 18.4 Å². The molecule has 3 atom stereocenters. The second kappa shape index (κ2) is 5.71. The fraction of sp³-hybridized carbons (Fsp3) is 0.692. The van der Waals surface area contributed by atoms with Gasteiger partial charge in [0.05, 0.1) is 18.2 Å². The highest BCUT2D eigenvalue weighted by atomic mass is 16.1. The van der Waals surface area contributed by atoms with E-state index in [-0.39, 0.29) is 17.9 Å². The average Bonchev–Trinajstić information content (AvgIpc) is 2.79. The Labute approximate surface area is 113 Å². The summed E-state index contributed by atoms with van der Waals surface area (Å²) in [5.74, 6) is -0.277. The molecule has 0 aliphatic carbocycles. The van der Waals surface area contributed by atoms with E-state index in [1.807, 2.05) is 19.4 Å². The quantitative estimate of drug-likeness (QED) is 0.802. The molecule has 0 radical (unpaired) electrons. The molecule has 1 amide bonds. The maximum atomic E-state index is 11.4. The molecule has 106 valence electrons. The first-order chi connectivity index (χ1) is 9.02. The van der Waals surface area contributed by atoms with Gasteiger partial charge in [0.2, 0.25) is 5.91 Å². The van der Waals surface area contributed by atoms with Crippen LogP contribution in [0.2, 0.25) is 0 Å². The van der Waals surface area contributed by atoms with Gasteiger partial charge in [-0.15, -0.1) is 0 Å². The van der Waals surface area contributed by atoms with Gasteiger partial charge in [0, 0.05) is 37.9 Å². The van der Waals surface area contributed by atoms with Gasteiger partial charge in [-0.05, 0) is 19.8 Å². The molecule has 1 fully saturated rings. The van der Waals surface area contributed by atoms with Gasteiger partial charge >= 0.3 is 0 Å². The van der Waals surface area contributed by atoms with Crippen LogP contribution < -0.4 is 11.5 Å². The van der Waals surface area contributed by atoms with Crippen molar-refractivity contribution in [1.82, 2.24) is 14.7 Å². The lowest BCUT2D eigenvalue weighted by atomic mass is 9.90. The molecule has 0 aromatic carbocycles. The number of hydrogen-bond acceptors (Lipinski definition) is 4. The Morgan fingerprint density at radius 3 is 2.84 bits per heavy atom. The van der Waals surface area contributed by atoms with Gasteiger partial charge in [0.1, 0.15) is 0 Å². The third-order valence-corrected chi connectivity index (χ3v) is 4.07. The zero-order valence-electron chi connectivity index (χ0n) is 11.6. The van der Waals surface area contributed by atoms with E-state index in [4.69, 9.17) is 11.5 Å². The number of piperidine rings is 1. The van der Waals surface area contributed by atoms with Crippen LogP contribution in [0.5, 0.6) is 0 Å². The zero-order valence-corrected chi connectivity index (χ0v) is 11.6. The predicted octanol–water partition coefficient (Wildman–Crippen LogP) is 0.00570. The van der Waals surface area contributed by atoms with Crippen molar-refractivity contribution in [1.29, 1.82) is 0 Å². The van der Waals surface area contributed by atoms with Crippen LogP contribution in [0, 0.1) is 5.92 Å². The van der Waals surface area contributed by atoms with Crippen molar-refractivity contribution in [2.45, 2.75) is 31.8 Å². The van der Waals surface area contributed by atoms with E-state index < -0.39 is 0 Å². The van der Waals surface area contributed by atoms with Crippen molar-refractivity contribution >= 4 is 5.91 Å². The van der Waals surface area contributed by atoms with Crippen molar-refractivity contribution in [3.05, 3.63) is 18.0 Å². The summed E-state index contributed by atoms with van der Waals surface area (Å²) in [5, 5.41) is 4.20. The van der Waals surface area contributed by atoms with Crippen LogP contribution in [0.4, 0.5) is 0 Å². The van der Waals surface area contributed by atoms with E-state index in [0.29, 0.717) is 19.1 Å². The Morgan fingerprint density at radius 1 is 1.58 bits per heavy atom. The third-order valence-electron chi connectivity index (χ3n) is 4.07. The van der Waals surface area contributed by atoms with Gasteiger partial charge in [0.25, 0.3) is 0 Å². The largest absolute Gasteiger partial charge is 0.369 e. The maximum Gasteiger partial charge on any atom is 0.221 e. The molecule has 1 aromatic rings. The molecule has 19 heavy (non-hydrogen) atoms. The van der Waals surface area contributed by atoms with Crippen molar-refractivity contribution < 1.29 is 4.79 Å². The number of aromatic nitrogens is 2. The lowest BCUT2D eigenvalue weighted by Gasteiger charge is -2.41. The van der Waals surface area contributed by atoms with Crippen molar-refractivity contribution in [2.75, 3.05) is 13.1 Å². The maximum absolute atomic E-state index is 11.4. The van der Waals surface area contributed by atoms with Crippen LogP contribution in [0.3, 0.4) is 0 Å². The third kappa shape index (κ3) is 2.96. The molecule has 6 nitrogen and oxygen atoms in total. The van der Waals surface area contributed by atoms with Crippen LogP contribution in [-0.2, 0) is 11.8 Å². The number of rotatable bonds is 4. The molecule has 3 unspecified atom stereocenters. The van der Waals surface area contributed by atoms with Crippen LogP contribution in [-0.4, -0.2) is 39.7 Å². The fourth-order valence-corrected chi connectivity index (χ4v) is 2.88. The monoisotopic (exact) mass is 265 g/mol. The lowest BCUT2D eigenvalue weighted by molar-refractivity contribution is -0.124. The summed E-state index contributed by atoms with van der Waals surface area (Å²) in [6, 6.07) is 0.509. The molecular formula is C13H23N5O. The number of likely N-dealkylation sites (tertiary alicyclic amines) is 1. The summed E-state index contributed by atoms with van der Waals surface area (Å²) >= 11 is 0. The van der Waals surface area contributed by atoms with Gasteiger partial charge in [-0.25, -0.2) is 0 Å². The Morgan fingerprint density at radius 2 is 2.32 bits per heavy atom. The first-order valence-electron chi connectivity index (χ1n) is 6.76. The molecule has 1 aliphatic rings. The molecule has 0 spiro atoms. The number of amides is 1. The smallest absolute Gasteiger partial charge is 0.221 e. The number of nitrogens with zero attached hydrogens (tertiary/aromatic N) is 3. The topological polar surface area (TPSA) is 90.2 Å². The van der Waals surface area contributed by atoms with E-state index in [1.54, 1.807) is 4.68 Å². The van der Waals surface area contributed by atoms with Gasteiger partial charge in [0.15, 0.2) is 0 Å². The van der Waals surface area contributed by atoms with Crippen LogP contribution in [0.15, 0.2) is 12.4 Å². The SMILES string of the molecule is CC1CCC(C(N)=O)CN1C(CN)c1cnn(C)c1. The predicted molar refractivity (Wildman–Crippen MR) is 73.1 cm³/mol. The Balaban J connectivity index is 2.18. The number of aryl methyl sites for hydroxylation is 1. The number of hydrogen-bond donors (Lipinski definition) is 2. The normalized spacial score (nSPS) is 26.3. The minimum absolute atomic E-state index is 0.0677. The minimum Gasteiger partial charge on any atom is -0.369 e. The number of carbonyl (C=O) groups excluding carboxylic acids is 1. The second-order valence-corrected chi connectivity index (χ2v) is 5.42. The second-order valence-electron chi connectivity index (χ2n) is 5.42. The molecule has 0 bridgehead atoms. The summed E-state index contributed by atoms with van der Waals surface area (Å²) in [6.45, 7) is 3.38. The molecule has 1 aliphatic heterocycles. The standard InChI is InChI=1S/C13H23N5O/c1-9-3-4-10(13(15)19)8-18(9)12(5-14)11-6-16-17(2)7-11/h6-7,9-10,12H,3-5,8,14H2,1-2H3,(H2,15,19). The number of carbonyl (C=O) groups is 1. The van der Waals surface area contributed by atoms with E-state index in [9.17, 15) is 4.79 Å². The van der Waals surface area contributed by atoms with Crippen molar-refractivity contribution in [3.63, 3.8) is 0 Å². The summed E-state index contributed by atoms with van der Waals surface area (Å²) in [4.78, 5) is 13.7. The Bertz CT molecular complexity index is 444. The summed E-state index contributed by atoms with van der Waals surface area (Å²) in [7, 11) is 1.89. The highest BCUT2D eigenvalue weighted by molar-refractivity contribution is 5.77. The van der Waals surface area contributed by atoms with Crippen molar-refractivity contribution in [2.24, 2.45) is 24.4 Å². The van der Waals surface area contributed by atoms with E-state index >= 15 is 0 Å². The molecule has 2 rings (SSSR count). The molecule has 6 heteroatoms. The first kappa shape index (κ1) is 14.0. The molecular weight excluding hydrogens is 242 g/mol. The van der Waals surface area contributed by atoms with E-state index in [1.165, 1.54) is 0 Å². The molecule has 0 saturated carbocycles. The minimum atomic E-state index is -0.209.